The average Bonchev–Trinajstić information content (AvgIpc) is 3.33. The molecule has 0 aliphatic rings. The first kappa shape index (κ1) is 15.3. The zero-order valence-electron chi connectivity index (χ0n) is 13.0. The van der Waals surface area contributed by atoms with Gasteiger partial charge in [0, 0.05) is 22.8 Å². The number of aldehydes is 1. The van der Waals surface area contributed by atoms with Crippen molar-refractivity contribution in [1.29, 1.82) is 0 Å². The molecule has 0 aliphatic carbocycles. The van der Waals surface area contributed by atoms with Crippen molar-refractivity contribution in [2.24, 2.45) is 0 Å². The van der Waals surface area contributed by atoms with Gasteiger partial charge in [-0.1, -0.05) is 6.07 Å². The molecule has 0 aliphatic heterocycles. The van der Waals surface area contributed by atoms with E-state index in [1.165, 1.54) is 11.3 Å². The van der Waals surface area contributed by atoms with Crippen molar-refractivity contribution in [1.82, 2.24) is 9.97 Å². The normalized spacial score (nSPS) is 10.6. The van der Waals surface area contributed by atoms with Crippen LogP contribution in [0.25, 0.3) is 22.7 Å². The van der Waals surface area contributed by atoms with Crippen LogP contribution in [0.4, 0.5) is 10.8 Å². The fraction of sp³-hybridized carbons (Fsp3) is 0. The van der Waals surface area contributed by atoms with E-state index in [0.29, 0.717) is 17.8 Å². The number of carbonyl (C=O) groups excluding carboxylic acids is 1. The number of thiazole rings is 1. The first-order valence-electron chi connectivity index (χ1n) is 7.61. The van der Waals surface area contributed by atoms with E-state index < -0.39 is 0 Å². The van der Waals surface area contributed by atoms with Crippen LogP contribution in [0.5, 0.6) is 0 Å². The van der Waals surface area contributed by atoms with E-state index in [2.05, 4.69) is 15.3 Å². The first-order chi connectivity index (χ1) is 12.3. The summed E-state index contributed by atoms with van der Waals surface area (Å²) in [7, 11) is 0. The number of nitrogens with zero attached hydrogens (tertiary/aromatic N) is 2. The highest BCUT2D eigenvalue weighted by atomic mass is 32.1. The lowest BCUT2D eigenvalue weighted by Gasteiger charge is -2.03. The lowest BCUT2D eigenvalue weighted by molar-refractivity contribution is 0.110. The van der Waals surface area contributed by atoms with Crippen molar-refractivity contribution in [3.63, 3.8) is 0 Å². The molecule has 4 aromatic rings. The molecule has 3 heterocycles. The van der Waals surface area contributed by atoms with Crippen LogP contribution in [0.1, 0.15) is 10.6 Å². The van der Waals surface area contributed by atoms with E-state index in [9.17, 15) is 4.79 Å². The summed E-state index contributed by atoms with van der Waals surface area (Å²) >= 11 is 1.53. The molecule has 0 atom stereocenters. The quantitative estimate of drug-likeness (QED) is 0.513. The number of carbonyl (C=O) groups is 1. The van der Waals surface area contributed by atoms with Gasteiger partial charge in [-0.15, -0.1) is 11.3 Å². The third-order valence-electron chi connectivity index (χ3n) is 3.60. The summed E-state index contributed by atoms with van der Waals surface area (Å²) in [6.07, 6.45) is 2.45. The maximum atomic E-state index is 10.7. The third-order valence-corrected chi connectivity index (χ3v) is 4.35. The summed E-state index contributed by atoms with van der Waals surface area (Å²) in [5.41, 5.74) is 3.53. The minimum atomic E-state index is 0.321. The third kappa shape index (κ3) is 3.34. The van der Waals surface area contributed by atoms with E-state index in [-0.39, 0.29) is 0 Å². The van der Waals surface area contributed by atoms with Gasteiger partial charge < -0.3 is 9.73 Å². The Bertz CT molecular complexity index is 991. The molecular weight excluding hydrogens is 334 g/mol. The van der Waals surface area contributed by atoms with Crippen molar-refractivity contribution in [2.75, 3.05) is 5.32 Å². The summed E-state index contributed by atoms with van der Waals surface area (Å²) in [5.74, 6) is 0.988. The van der Waals surface area contributed by atoms with Crippen LogP contribution in [-0.4, -0.2) is 16.3 Å². The summed E-state index contributed by atoms with van der Waals surface area (Å²) in [5, 5.41) is 6.06. The minimum absolute atomic E-state index is 0.321. The number of benzene rings is 1. The van der Waals surface area contributed by atoms with Gasteiger partial charge in [0.1, 0.15) is 11.5 Å². The largest absolute Gasteiger partial charge is 0.453 e. The minimum Gasteiger partial charge on any atom is -0.453 e. The second-order valence-electron chi connectivity index (χ2n) is 5.28. The van der Waals surface area contributed by atoms with Gasteiger partial charge in [-0.25, -0.2) is 4.98 Å². The number of anilines is 2. The summed E-state index contributed by atoms with van der Waals surface area (Å²) in [6, 6.07) is 17.0. The van der Waals surface area contributed by atoms with Crippen LogP contribution >= 0.6 is 11.3 Å². The highest BCUT2D eigenvalue weighted by Gasteiger charge is 2.07. The first-order valence-corrected chi connectivity index (χ1v) is 8.49. The lowest BCUT2D eigenvalue weighted by atomic mass is 10.1. The number of nitrogens with one attached hydrogen (secondary N) is 1. The van der Waals surface area contributed by atoms with Crippen molar-refractivity contribution in [3.05, 3.63) is 71.9 Å². The molecule has 25 heavy (non-hydrogen) atoms. The molecule has 1 aromatic carbocycles. The highest BCUT2D eigenvalue weighted by molar-refractivity contribution is 7.14. The van der Waals surface area contributed by atoms with E-state index in [1.807, 2.05) is 47.8 Å². The van der Waals surface area contributed by atoms with Gasteiger partial charge in [-0.2, -0.15) is 0 Å². The van der Waals surface area contributed by atoms with E-state index in [4.69, 9.17) is 4.42 Å². The Morgan fingerprint density at radius 2 is 1.88 bits per heavy atom. The van der Waals surface area contributed by atoms with Gasteiger partial charge in [0.25, 0.3) is 0 Å². The molecule has 5 nitrogen and oxygen atoms in total. The Labute approximate surface area is 148 Å². The summed E-state index contributed by atoms with van der Waals surface area (Å²) < 4.78 is 5.42. The molecule has 0 spiro atoms. The van der Waals surface area contributed by atoms with Crippen LogP contribution in [0.2, 0.25) is 0 Å². The molecule has 0 radical (unpaired) electrons. The predicted molar refractivity (Wildman–Crippen MR) is 98.2 cm³/mol. The molecule has 0 unspecified atom stereocenters. The van der Waals surface area contributed by atoms with Gasteiger partial charge in [0.15, 0.2) is 17.2 Å². The Kier molecular flexibility index (Phi) is 4.10. The Balaban J connectivity index is 1.50. The molecule has 6 heteroatoms. The maximum Gasteiger partial charge on any atom is 0.187 e. The Morgan fingerprint density at radius 1 is 1.00 bits per heavy atom. The van der Waals surface area contributed by atoms with Crippen LogP contribution < -0.4 is 5.32 Å². The average molecular weight is 347 g/mol. The lowest BCUT2D eigenvalue weighted by Crippen LogP contribution is -1.90. The predicted octanol–water partition coefficient (Wildman–Crippen LogP) is 5.02. The Hall–Kier alpha value is -3.25. The van der Waals surface area contributed by atoms with Crippen molar-refractivity contribution in [2.45, 2.75) is 0 Å². The second-order valence-corrected chi connectivity index (χ2v) is 6.13. The summed E-state index contributed by atoms with van der Waals surface area (Å²) in [4.78, 5) is 19.6. The zero-order chi connectivity index (χ0) is 17.1. The maximum absolute atomic E-state index is 10.7. The molecule has 0 saturated carbocycles. The van der Waals surface area contributed by atoms with Crippen LogP contribution in [0.15, 0.2) is 70.6 Å². The van der Waals surface area contributed by atoms with Crippen LogP contribution in [0.3, 0.4) is 0 Å². The highest BCUT2D eigenvalue weighted by Crippen LogP contribution is 2.28. The molecule has 0 bridgehead atoms. The fourth-order valence-corrected chi connectivity index (χ4v) is 3.10. The zero-order valence-corrected chi connectivity index (χ0v) is 13.9. The van der Waals surface area contributed by atoms with Gasteiger partial charge in [-0.3, -0.25) is 9.78 Å². The number of aromatic nitrogens is 2. The van der Waals surface area contributed by atoms with Crippen LogP contribution in [-0.2, 0) is 0 Å². The second kappa shape index (κ2) is 6.70. The number of furan rings is 1. The number of hydrogen-bond acceptors (Lipinski definition) is 6. The van der Waals surface area contributed by atoms with Gasteiger partial charge in [-0.05, 0) is 48.5 Å². The van der Waals surface area contributed by atoms with Crippen molar-refractivity contribution < 1.29 is 9.21 Å². The van der Waals surface area contributed by atoms with Gasteiger partial charge in [0.2, 0.25) is 0 Å². The molecule has 122 valence electrons. The number of rotatable bonds is 5. The standard InChI is InChI=1S/C19H13N3O2S/c23-11-15-8-9-18(24-15)13-4-6-14(7-5-13)21-19-22-17(12-25-19)16-3-1-2-10-20-16/h1-12H,(H,21,22). The molecule has 4 rings (SSSR count). The topological polar surface area (TPSA) is 68.0 Å². The molecule has 0 amide bonds. The number of pyridine rings is 1. The monoisotopic (exact) mass is 347 g/mol. The molecule has 0 fully saturated rings. The van der Waals surface area contributed by atoms with Gasteiger partial charge in [0.05, 0.1) is 5.69 Å². The van der Waals surface area contributed by atoms with E-state index in [0.717, 1.165) is 27.8 Å². The van der Waals surface area contributed by atoms with E-state index >= 15 is 0 Å². The molecule has 1 N–H and O–H groups in total. The smallest absolute Gasteiger partial charge is 0.187 e. The molecule has 0 saturated heterocycles. The Morgan fingerprint density at radius 3 is 2.60 bits per heavy atom. The van der Waals surface area contributed by atoms with Gasteiger partial charge >= 0.3 is 0 Å². The SMILES string of the molecule is O=Cc1ccc(-c2ccc(Nc3nc(-c4ccccn4)cs3)cc2)o1. The van der Waals surface area contributed by atoms with Crippen molar-refractivity contribution >= 4 is 28.4 Å². The summed E-state index contributed by atoms with van der Waals surface area (Å²) in [6.45, 7) is 0. The van der Waals surface area contributed by atoms with Crippen LogP contribution in [0, 0.1) is 0 Å². The fourth-order valence-electron chi connectivity index (χ4n) is 2.38. The number of hydrogen-bond donors (Lipinski definition) is 1. The van der Waals surface area contributed by atoms with Crippen molar-refractivity contribution in [3.8, 4) is 22.7 Å². The molecule has 3 aromatic heterocycles. The molecular formula is C19H13N3O2S. The van der Waals surface area contributed by atoms with E-state index in [1.54, 1.807) is 18.3 Å².